The molecule has 16 heavy (non-hydrogen) atoms. The van der Waals surface area contributed by atoms with Crippen LogP contribution in [0.15, 0.2) is 17.2 Å². The van der Waals surface area contributed by atoms with Crippen molar-refractivity contribution in [2.75, 3.05) is 6.26 Å². The molecule has 0 spiro atoms. The van der Waals surface area contributed by atoms with Gasteiger partial charge in [-0.25, -0.2) is 8.42 Å². The molecule has 0 aliphatic rings. The maximum atomic E-state index is 11.3. The number of rotatable bonds is 4. The molecule has 0 atom stereocenters. The number of hydrogen-bond donors (Lipinski definition) is 0. The first-order valence-corrected chi connectivity index (χ1v) is 6.97. The molecule has 0 bridgehead atoms. The second-order valence-corrected chi connectivity index (χ2v) is 5.67. The highest BCUT2D eigenvalue weighted by atomic mass is 32.2. The second-order valence-electron chi connectivity index (χ2n) is 3.65. The zero-order valence-corrected chi connectivity index (χ0v) is 10.2. The van der Waals surface area contributed by atoms with Gasteiger partial charge in [0, 0.05) is 12.5 Å². The standard InChI is InChI=1S/C11H14N2O2S/c1-3-4-5-11-9(7-12)6-10(8-13-11)16(2,14)15/h6,8H,3-5H2,1-2H3. The highest BCUT2D eigenvalue weighted by Crippen LogP contribution is 2.14. The highest BCUT2D eigenvalue weighted by molar-refractivity contribution is 7.90. The molecular weight excluding hydrogens is 224 g/mol. The van der Waals surface area contributed by atoms with E-state index in [2.05, 4.69) is 11.9 Å². The Labute approximate surface area is 95.9 Å². The molecule has 0 fully saturated rings. The Morgan fingerprint density at radius 2 is 2.19 bits per heavy atom. The van der Waals surface area contributed by atoms with E-state index in [1.54, 1.807) is 0 Å². The van der Waals surface area contributed by atoms with Crippen LogP contribution in [0.3, 0.4) is 0 Å². The predicted molar refractivity (Wildman–Crippen MR) is 60.7 cm³/mol. The molecule has 1 aromatic rings. The van der Waals surface area contributed by atoms with Crippen LogP contribution in [0, 0.1) is 11.3 Å². The van der Waals surface area contributed by atoms with Crippen LogP contribution < -0.4 is 0 Å². The molecule has 86 valence electrons. The summed E-state index contributed by atoms with van der Waals surface area (Å²) in [4.78, 5) is 4.15. The summed E-state index contributed by atoms with van der Waals surface area (Å²) in [6, 6.07) is 3.39. The SMILES string of the molecule is CCCCc1ncc(S(C)(=O)=O)cc1C#N. The van der Waals surface area contributed by atoms with E-state index >= 15 is 0 Å². The molecule has 0 radical (unpaired) electrons. The van der Waals surface area contributed by atoms with Crippen LogP contribution in [0.2, 0.25) is 0 Å². The summed E-state index contributed by atoms with van der Waals surface area (Å²) >= 11 is 0. The number of pyridine rings is 1. The van der Waals surface area contributed by atoms with Gasteiger partial charge in [-0.3, -0.25) is 4.98 Å². The van der Waals surface area contributed by atoms with Gasteiger partial charge in [-0.1, -0.05) is 13.3 Å². The quantitative estimate of drug-likeness (QED) is 0.800. The normalized spacial score (nSPS) is 11.1. The van der Waals surface area contributed by atoms with Gasteiger partial charge >= 0.3 is 0 Å². The number of aromatic nitrogens is 1. The van der Waals surface area contributed by atoms with Crippen molar-refractivity contribution in [2.45, 2.75) is 31.1 Å². The van der Waals surface area contributed by atoms with Crippen LogP contribution in [0.4, 0.5) is 0 Å². The van der Waals surface area contributed by atoms with Crippen molar-refractivity contribution in [3.63, 3.8) is 0 Å². The van der Waals surface area contributed by atoms with Crippen molar-refractivity contribution in [3.8, 4) is 6.07 Å². The molecule has 0 aliphatic carbocycles. The molecule has 0 amide bonds. The van der Waals surface area contributed by atoms with Gasteiger partial charge in [-0.2, -0.15) is 5.26 Å². The third kappa shape index (κ3) is 3.04. The number of aryl methyl sites for hydroxylation is 1. The Morgan fingerprint density at radius 1 is 1.50 bits per heavy atom. The molecule has 0 aliphatic heterocycles. The zero-order chi connectivity index (χ0) is 12.2. The van der Waals surface area contributed by atoms with Crippen molar-refractivity contribution in [3.05, 3.63) is 23.5 Å². The number of unbranched alkanes of at least 4 members (excludes halogenated alkanes) is 1. The molecule has 1 aromatic heterocycles. The lowest BCUT2D eigenvalue weighted by atomic mass is 10.1. The summed E-state index contributed by atoms with van der Waals surface area (Å²) in [7, 11) is -3.29. The topological polar surface area (TPSA) is 70.8 Å². The maximum absolute atomic E-state index is 11.3. The van der Waals surface area contributed by atoms with Crippen LogP contribution in [-0.2, 0) is 16.3 Å². The first-order valence-electron chi connectivity index (χ1n) is 5.08. The fourth-order valence-corrected chi connectivity index (χ4v) is 1.89. The molecule has 1 rings (SSSR count). The van der Waals surface area contributed by atoms with E-state index < -0.39 is 9.84 Å². The summed E-state index contributed by atoms with van der Waals surface area (Å²) in [6.45, 7) is 2.05. The maximum Gasteiger partial charge on any atom is 0.177 e. The Bertz CT molecular complexity index is 515. The van der Waals surface area contributed by atoms with Crippen molar-refractivity contribution < 1.29 is 8.42 Å². The van der Waals surface area contributed by atoms with Crippen LogP contribution in [0.1, 0.15) is 31.0 Å². The third-order valence-corrected chi connectivity index (χ3v) is 3.34. The largest absolute Gasteiger partial charge is 0.259 e. The molecule has 0 saturated carbocycles. The van der Waals surface area contributed by atoms with Crippen molar-refractivity contribution in [1.82, 2.24) is 4.98 Å². The second kappa shape index (κ2) is 5.08. The predicted octanol–water partition coefficient (Wildman–Crippen LogP) is 1.70. The fraction of sp³-hybridized carbons (Fsp3) is 0.455. The van der Waals surface area contributed by atoms with Gasteiger partial charge in [0.1, 0.15) is 6.07 Å². The Balaban J connectivity index is 3.13. The van der Waals surface area contributed by atoms with Gasteiger partial charge in [-0.15, -0.1) is 0 Å². The lowest BCUT2D eigenvalue weighted by Crippen LogP contribution is -2.02. The number of hydrogen-bond acceptors (Lipinski definition) is 4. The van der Waals surface area contributed by atoms with Gasteiger partial charge in [-0.05, 0) is 18.9 Å². The molecular formula is C11H14N2O2S. The summed E-state index contributed by atoms with van der Waals surface area (Å²) in [6.07, 6.45) is 5.10. The van der Waals surface area contributed by atoms with E-state index in [1.165, 1.54) is 12.3 Å². The molecule has 5 heteroatoms. The Hall–Kier alpha value is -1.41. The molecule has 0 N–H and O–H groups in total. The Kier molecular flexibility index (Phi) is 4.02. The van der Waals surface area contributed by atoms with E-state index in [1.807, 2.05) is 6.07 Å². The van der Waals surface area contributed by atoms with Crippen LogP contribution in [0.5, 0.6) is 0 Å². The zero-order valence-electron chi connectivity index (χ0n) is 9.40. The van der Waals surface area contributed by atoms with Gasteiger partial charge in [0.05, 0.1) is 16.2 Å². The van der Waals surface area contributed by atoms with Gasteiger partial charge in [0.2, 0.25) is 0 Å². The van der Waals surface area contributed by atoms with Crippen LogP contribution in [-0.4, -0.2) is 19.7 Å². The van der Waals surface area contributed by atoms with E-state index in [0.717, 1.165) is 19.1 Å². The van der Waals surface area contributed by atoms with Gasteiger partial charge in [0.15, 0.2) is 9.84 Å². The number of sulfone groups is 1. The summed E-state index contributed by atoms with van der Waals surface area (Å²) in [5, 5.41) is 8.92. The average molecular weight is 238 g/mol. The molecule has 4 nitrogen and oxygen atoms in total. The fourth-order valence-electron chi connectivity index (χ4n) is 1.32. The summed E-state index contributed by atoms with van der Waals surface area (Å²) in [5.41, 5.74) is 1.04. The summed E-state index contributed by atoms with van der Waals surface area (Å²) in [5.74, 6) is 0. The minimum atomic E-state index is -3.29. The smallest absolute Gasteiger partial charge is 0.177 e. The van der Waals surface area contributed by atoms with Crippen molar-refractivity contribution >= 4 is 9.84 Å². The summed E-state index contributed by atoms with van der Waals surface area (Å²) < 4.78 is 22.6. The van der Waals surface area contributed by atoms with Crippen molar-refractivity contribution in [1.29, 1.82) is 5.26 Å². The lowest BCUT2D eigenvalue weighted by molar-refractivity contribution is 0.601. The monoisotopic (exact) mass is 238 g/mol. The number of nitriles is 1. The average Bonchev–Trinajstić information content (AvgIpc) is 2.24. The minimum absolute atomic E-state index is 0.101. The third-order valence-electron chi connectivity index (χ3n) is 2.26. The van der Waals surface area contributed by atoms with E-state index in [-0.39, 0.29) is 4.90 Å². The lowest BCUT2D eigenvalue weighted by Gasteiger charge is -2.04. The van der Waals surface area contributed by atoms with E-state index in [0.29, 0.717) is 17.7 Å². The van der Waals surface area contributed by atoms with Gasteiger partial charge in [0.25, 0.3) is 0 Å². The first kappa shape index (κ1) is 12.7. The highest BCUT2D eigenvalue weighted by Gasteiger charge is 2.11. The molecule has 1 heterocycles. The molecule has 0 aromatic carbocycles. The first-order chi connectivity index (χ1) is 7.49. The minimum Gasteiger partial charge on any atom is -0.259 e. The molecule has 0 saturated heterocycles. The van der Waals surface area contributed by atoms with Gasteiger partial charge < -0.3 is 0 Å². The van der Waals surface area contributed by atoms with E-state index in [4.69, 9.17) is 5.26 Å². The van der Waals surface area contributed by atoms with Crippen LogP contribution in [0.25, 0.3) is 0 Å². The van der Waals surface area contributed by atoms with E-state index in [9.17, 15) is 8.42 Å². The van der Waals surface area contributed by atoms with Crippen molar-refractivity contribution in [2.24, 2.45) is 0 Å². The van der Waals surface area contributed by atoms with Crippen LogP contribution >= 0.6 is 0 Å². The molecule has 0 unspecified atom stereocenters. The Morgan fingerprint density at radius 3 is 2.69 bits per heavy atom. The number of nitrogens with zero attached hydrogens (tertiary/aromatic N) is 2.